The summed E-state index contributed by atoms with van der Waals surface area (Å²) in [6, 6.07) is 6.98. The molecule has 27 heavy (non-hydrogen) atoms. The number of aryl methyl sites for hydroxylation is 1. The Morgan fingerprint density at radius 1 is 1.22 bits per heavy atom. The second-order valence-corrected chi connectivity index (χ2v) is 6.98. The van der Waals surface area contributed by atoms with E-state index in [4.69, 9.17) is 4.74 Å². The molecule has 3 aromatic rings. The van der Waals surface area contributed by atoms with Gasteiger partial charge in [0.1, 0.15) is 17.7 Å². The van der Waals surface area contributed by atoms with Gasteiger partial charge in [0.25, 0.3) is 5.91 Å². The van der Waals surface area contributed by atoms with E-state index in [1.165, 1.54) is 17.7 Å². The van der Waals surface area contributed by atoms with Crippen LogP contribution < -0.4 is 5.32 Å². The van der Waals surface area contributed by atoms with E-state index in [1.807, 2.05) is 13.8 Å². The van der Waals surface area contributed by atoms with Crippen LogP contribution >= 0.6 is 11.3 Å². The van der Waals surface area contributed by atoms with Crippen LogP contribution in [-0.2, 0) is 11.2 Å². The number of nitrogens with zero attached hydrogens (tertiary/aromatic N) is 3. The Hall–Kier alpha value is -3.00. The topological polar surface area (TPSA) is 86.1 Å². The van der Waals surface area contributed by atoms with Gasteiger partial charge in [-0.2, -0.15) is 5.10 Å². The van der Waals surface area contributed by atoms with E-state index < -0.39 is 5.97 Å². The highest BCUT2D eigenvalue weighted by atomic mass is 32.1. The van der Waals surface area contributed by atoms with Gasteiger partial charge in [0.2, 0.25) is 0 Å². The number of aromatic nitrogens is 3. The van der Waals surface area contributed by atoms with Crippen LogP contribution in [0.1, 0.15) is 45.0 Å². The molecule has 2 heterocycles. The van der Waals surface area contributed by atoms with Gasteiger partial charge < -0.3 is 10.1 Å². The summed E-state index contributed by atoms with van der Waals surface area (Å²) in [6.45, 7) is 5.97. The molecule has 0 fully saturated rings. The summed E-state index contributed by atoms with van der Waals surface area (Å²) in [5.41, 5.74) is 2.65. The predicted molar refractivity (Wildman–Crippen MR) is 104 cm³/mol. The van der Waals surface area contributed by atoms with Gasteiger partial charge in [-0.05, 0) is 50.1 Å². The normalized spacial score (nSPS) is 10.6. The minimum absolute atomic E-state index is 0.283. The van der Waals surface area contributed by atoms with Crippen LogP contribution in [0, 0.1) is 6.92 Å². The molecule has 0 aliphatic heterocycles. The van der Waals surface area contributed by atoms with E-state index >= 15 is 0 Å². The first-order valence-corrected chi connectivity index (χ1v) is 9.42. The van der Waals surface area contributed by atoms with Crippen molar-refractivity contribution in [1.29, 1.82) is 0 Å². The summed E-state index contributed by atoms with van der Waals surface area (Å²) in [5, 5.41) is 7.44. The highest BCUT2D eigenvalue weighted by molar-refractivity contribution is 7.16. The summed E-state index contributed by atoms with van der Waals surface area (Å²) < 4.78 is 6.78. The number of benzene rings is 1. The Bertz CT molecular complexity index is 946. The van der Waals surface area contributed by atoms with Crippen LogP contribution in [0.15, 0.2) is 36.9 Å². The lowest BCUT2D eigenvalue weighted by Gasteiger charge is -2.08. The molecule has 140 valence electrons. The van der Waals surface area contributed by atoms with E-state index in [9.17, 15) is 9.59 Å². The highest BCUT2D eigenvalue weighted by Gasteiger charge is 2.23. The number of nitrogens with one attached hydrogen (secondary N) is 1. The van der Waals surface area contributed by atoms with Crippen molar-refractivity contribution in [3.8, 4) is 5.69 Å². The third-order valence-corrected chi connectivity index (χ3v) is 5.14. The summed E-state index contributed by atoms with van der Waals surface area (Å²) in [5.74, 6) is -0.690. The molecule has 1 amide bonds. The first-order valence-electron chi connectivity index (χ1n) is 8.60. The molecular weight excluding hydrogens is 364 g/mol. The zero-order chi connectivity index (χ0) is 19.4. The number of hydrogen-bond donors (Lipinski definition) is 1. The van der Waals surface area contributed by atoms with Crippen LogP contribution in [0.2, 0.25) is 0 Å². The minimum atomic E-state index is -0.407. The molecule has 7 nitrogen and oxygen atoms in total. The Kier molecular flexibility index (Phi) is 5.66. The average molecular weight is 384 g/mol. The van der Waals surface area contributed by atoms with E-state index in [2.05, 4.69) is 15.4 Å². The summed E-state index contributed by atoms with van der Waals surface area (Å²) in [4.78, 5) is 29.9. The van der Waals surface area contributed by atoms with E-state index in [0.717, 1.165) is 16.1 Å². The van der Waals surface area contributed by atoms with Crippen LogP contribution in [0.5, 0.6) is 0 Å². The van der Waals surface area contributed by atoms with Gasteiger partial charge in [-0.3, -0.25) is 4.79 Å². The van der Waals surface area contributed by atoms with Crippen LogP contribution in [-0.4, -0.2) is 33.2 Å². The molecule has 3 rings (SSSR count). The molecule has 0 saturated heterocycles. The maximum atomic E-state index is 12.7. The first kappa shape index (κ1) is 18.8. The number of hydrogen-bond acceptors (Lipinski definition) is 6. The maximum Gasteiger partial charge on any atom is 0.341 e. The fourth-order valence-corrected chi connectivity index (χ4v) is 3.92. The molecule has 0 aliphatic rings. The molecule has 0 spiro atoms. The van der Waals surface area contributed by atoms with Gasteiger partial charge in [-0.25, -0.2) is 14.5 Å². The zero-order valence-corrected chi connectivity index (χ0v) is 16.2. The lowest BCUT2D eigenvalue weighted by atomic mass is 10.1. The number of rotatable bonds is 6. The molecule has 0 saturated carbocycles. The number of esters is 1. The monoisotopic (exact) mass is 384 g/mol. The van der Waals surface area contributed by atoms with Gasteiger partial charge in [-0.1, -0.05) is 6.92 Å². The van der Waals surface area contributed by atoms with Gasteiger partial charge in [0, 0.05) is 10.4 Å². The fraction of sp³-hybridized carbons (Fsp3) is 0.263. The van der Waals surface area contributed by atoms with E-state index in [0.29, 0.717) is 22.5 Å². The Morgan fingerprint density at radius 2 is 1.96 bits per heavy atom. The van der Waals surface area contributed by atoms with Gasteiger partial charge in [0.05, 0.1) is 17.9 Å². The molecule has 0 bridgehead atoms. The fourth-order valence-electron chi connectivity index (χ4n) is 2.79. The van der Waals surface area contributed by atoms with Crippen molar-refractivity contribution in [2.75, 3.05) is 11.9 Å². The number of ether oxygens (including phenoxy) is 1. The lowest BCUT2D eigenvalue weighted by molar-refractivity contribution is 0.0527. The molecule has 0 atom stereocenters. The average Bonchev–Trinajstić information content (AvgIpc) is 3.29. The molecule has 1 N–H and O–H groups in total. The Labute approximate surface area is 161 Å². The van der Waals surface area contributed by atoms with Crippen LogP contribution in [0.25, 0.3) is 5.69 Å². The molecular formula is C19H20N4O3S. The van der Waals surface area contributed by atoms with E-state index in [-0.39, 0.29) is 12.5 Å². The zero-order valence-electron chi connectivity index (χ0n) is 15.4. The second-order valence-electron chi connectivity index (χ2n) is 5.76. The quantitative estimate of drug-likeness (QED) is 0.656. The number of anilines is 1. The molecule has 2 aromatic heterocycles. The van der Waals surface area contributed by atoms with Gasteiger partial charge in [-0.15, -0.1) is 11.3 Å². The Balaban J connectivity index is 1.84. The highest BCUT2D eigenvalue weighted by Crippen LogP contribution is 2.34. The standard InChI is InChI=1S/C19H20N4O3S/c1-4-15-12(3)27-18(16(15)19(25)26-5-2)22-17(24)13-6-8-14(9-7-13)23-11-20-10-21-23/h6-11H,4-5H2,1-3H3,(H,22,24). The number of thiophene rings is 1. The van der Waals surface area contributed by atoms with Crippen molar-refractivity contribution in [3.63, 3.8) is 0 Å². The van der Waals surface area contributed by atoms with E-state index in [1.54, 1.807) is 42.2 Å². The smallest absolute Gasteiger partial charge is 0.341 e. The number of carbonyl (C=O) groups is 2. The molecule has 0 radical (unpaired) electrons. The predicted octanol–water partition coefficient (Wildman–Crippen LogP) is 3.63. The molecule has 8 heteroatoms. The van der Waals surface area contributed by atoms with Crippen molar-refractivity contribution in [1.82, 2.24) is 14.8 Å². The maximum absolute atomic E-state index is 12.7. The van der Waals surface area contributed by atoms with Crippen molar-refractivity contribution >= 4 is 28.2 Å². The summed E-state index contributed by atoms with van der Waals surface area (Å²) >= 11 is 1.39. The Morgan fingerprint density at radius 3 is 2.56 bits per heavy atom. The molecule has 0 aliphatic carbocycles. The van der Waals surface area contributed by atoms with Crippen molar-refractivity contribution in [3.05, 3.63) is 58.5 Å². The van der Waals surface area contributed by atoms with Crippen molar-refractivity contribution in [2.24, 2.45) is 0 Å². The SMILES string of the molecule is CCOC(=O)c1c(NC(=O)c2ccc(-n3cncn3)cc2)sc(C)c1CC. The number of amides is 1. The lowest BCUT2D eigenvalue weighted by Crippen LogP contribution is -2.15. The summed E-state index contributed by atoms with van der Waals surface area (Å²) in [6.07, 6.45) is 3.72. The van der Waals surface area contributed by atoms with Gasteiger partial charge >= 0.3 is 5.97 Å². The number of carbonyl (C=O) groups excluding carboxylic acids is 2. The minimum Gasteiger partial charge on any atom is -0.462 e. The third-order valence-electron chi connectivity index (χ3n) is 4.08. The van der Waals surface area contributed by atoms with Crippen molar-refractivity contribution < 1.29 is 14.3 Å². The molecule has 1 aromatic carbocycles. The van der Waals surface area contributed by atoms with Gasteiger partial charge in [0.15, 0.2) is 0 Å². The largest absolute Gasteiger partial charge is 0.462 e. The first-order chi connectivity index (χ1) is 13.0. The third kappa shape index (κ3) is 3.90. The molecule has 0 unspecified atom stereocenters. The summed E-state index contributed by atoms with van der Waals surface area (Å²) in [7, 11) is 0. The second kappa shape index (κ2) is 8.13. The van der Waals surface area contributed by atoms with Crippen LogP contribution in [0.4, 0.5) is 5.00 Å². The van der Waals surface area contributed by atoms with Crippen LogP contribution in [0.3, 0.4) is 0 Å². The van der Waals surface area contributed by atoms with Crippen molar-refractivity contribution in [2.45, 2.75) is 27.2 Å².